The minimum Gasteiger partial charge on any atom is -0.388 e. The van der Waals surface area contributed by atoms with Gasteiger partial charge in [-0.25, -0.2) is 0 Å². The van der Waals surface area contributed by atoms with Crippen molar-refractivity contribution in [1.29, 1.82) is 0 Å². The molecule has 126 valence electrons. The number of amides is 1. The van der Waals surface area contributed by atoms with Gasteiger partial charge in [-0.1, -0.05) is 30.3 Å². The lowest BCUT2D eigenvalue weighted by Gasteiger charge is -2.27. The van der Waals surface area contributed by atoms with Crippen LogP contribution in [0.3, 0.4) is 0 Å². The van der Waals surface area contributed by atoms with Crippen molar-refractivity contribution in [2.45, 2.75) is 31.9 Å². The number of nitrogens with zero attached hydrogens (tertiary/aromatic N) is 1. The Morgan fingerprint density at radius 3 is 2.29 bits per heavy atom. The van der Waals surface area contributed by atoms with Crippen molar-refractivity contribution in [2.75, 3.05) is 0 Å². The monoisotopic (exact) mass is 328 g/mol. The normalized spacial score (nSPS) is 12.5. The number of nitro benzene ring substituents is 1. The minimum absolute atomic E-state index is 0.000348. The highest BCUT2D eigenvalue weighted by atomic mass is 16.6. The number of carbonyl (C=O) groups is 1. The summed E-state index contributed by atoms with van der Waals surface area (Å²) in [6, 6.07) is 15.0. The Bertz CT molecular complexity index is 712. The van der Waals surface area contributed by atoms with Crippen LogP contribution in [0.4, 0.5) is 5.69 Å². The fraction of sp³-hybridized carbons (Fsp3) is 0.278. The number of nitrogens with one attached hydrogen (secondary N) is 1. The number of benzene rings is 2. The van der Waals surface area contributed by atoms with E-state index >= 15 is 0 Å². The molecule has 0 aliphatic heterocycles. The van der Waals surface area contributed by atoms with Gasteiger partial charge in [0.2, 0.25) is 5.91 Å². The summed E-state index contributed by atoms with van der Waals surface area (Å²) in [5.74, 6) is -0.297. The predicted octanol–water partition coefficient (Wildman–Crippen LogP) is 3.07. The van der Waals surface area contributed by atoms with Gasteiger partial charge in [0.25, 0.3) is 5.69 Å². The molecule has 0 saturated carbocycles. The van der Waals surface area contributed by atoms with Crippen LogP contribution in [-0.2, 0) is 10.3 Å². The first-order valence-corrected chi connectivity index (χ1v) is 7.58. The minimum atomic E-state index is -0.876. The van der Waals surface area contributed by atoms with Crippen LogP contribution in [0.25, 0.3) is 0 Å². The van der Waals surface area contributed by atoms with E-state index < -0.39 is 16.6 Å². The Morgan fingerprint density at radius 1 is 1.17 bits per heavy atom. The summed E-state index contributed by atoms with van der Waals surface area (Å²) in [5.41, 5.74) is 0.722. The van der Waals surface area contributed by atoms with Gasteiger partial charge in [0.05, 0.1) is 23.0 Å². The van der Waals surface area contributed by atoms with Crippen molar-refractivity contribution < 1.29 is 14.8 Å². The Labute approximate surface area is 140 Å². The van der Waals surface area contributed by atoms with E-state index in [0.717, 1.165) is 5.56 Å². The molecule has 0 aliphatic carbocycles. The van der Waals surface area contributed by atoms with E-state index in [1.807, 2.05) is 6.07 Å². The molecule has 0 bridgehead atoms. The van der Waals surface area contributed by atoms with E-state index in [0.29, 0.717) is 5.56 Å². The third kappa shape index (κ3) is 4.39. The first kappa shape index (κ1) is 17.6. The fourth-order valence-corrected chi connectivity index (χ4v) is 2.44. The van der Waals surface area contributed by atoms with E-state index in [9.17, 15) is 20.0 Å². The topological polar surface area (TPSA) is 92.5 Å². The summed E-state index contributed by atoms with van der Waals surface area (Å²) in [7, 11) is 0. The third-order valence-corrected chi connectivity index (χ3v) is 3.81. The van der Waals surface area contributed by atoms with E-state index in [2.05, 4.69) is 5.32 Å². The highest BCUT2D eigenvalue weighted by molar-refractivity contribution is 5.77. The fourth-order valence-electron chi connectivity index (χ4n) is 2.44. The first-order valence-electron chi connectivity index (χ1n) is 7.58. The predicted molar refractivity (Wildman–Crippen MR) is 90.3 cm³/mol. The van der Waals surface area contributed by atoms with Gasteiger partial charge in [0.1, 0.15) is 0 Å². The van der Waals surface area contributed by atoms with Gasteiger partial charge < -0.3 is 10.4 Å². The molecule has 0 aromatic heterocycles. The molecule has 0 aliphatic rings. The van der Waals surface area contributed by atoms with Crippen molar-refractivity contribution >= 4 is 11.6 Å². The molecule has 6 nitrogen and oxygen atoms in total. The van der Waals surface area contributed by atoms with Gasteiger partial charge in [-0.15, -0.1) is 0 Å². The lowest BCUT2D eigenvalue weighted by Crippen LogP contribution is -2.41. The maximum Gasteiger partial charge on any atom is 0.269 e. The average Bonchev–Trinajstić information content (AvgIpc) is 2.55. The number of non-ortho nitro benzene ring substituents is 1. The van der Waals surface area contributed by atoms with Gasteiger partial charge in [-0.05, 0) is 37.1 Å². The van der Waals surface area contributed by atoms with Crippen LogP contribution in [0, 0.1) is 10.1 Å². The second-order valence-corrected chi connectivity index (χ2v) is 6.11. The molecular formula is C18H20N2O4. The van der Waals surface area contributed by atoms with Crippen LogP contribution in [0.5, 0.6) is 0 Å². The number of hydrogen-bond acceptors (Lipinski definition) is 4. The summed E-state index contributed by atoms with van der Waals surface area (Å²) in [5, 5.41) is 23.7. The molecule has 0 fully saturated rings. The number of hydrogen-bond donors (Lipinski definition) is 2. The van der Waals surface area contributed by atoms with Gasteiger partial charge in [0.15, 0.2) is 0 Å². The zero-order chi connectivity index (χ0) is 17.7. The molecule has 6 heteroatoms. The van der Waals surface area contributed by atoms with E-state index in [4.69, 9.17) is 0 Å². The molecular weight excluding hydrogens is 308 g/mol. The quantitative estimate of drug-likeness (QED) is 0.629. The second-order valence-electron chi connectivity index (χ2n) is 6.11. The van der Waals surface area contributed by atoms with Crippen molar-refractivity contribution in [3.05, 3.63) is 75.8 Å². The van der Waals surface area contributed by atoms with Crippen LogP contribution in [-0.4, -0.2) is 15.9 Å². The molecule has 0 heterocycles. The Morgan fingerprint density at radius 2 is 1.75 bits per heavy atom. The molecule has 1 atom stereocenters. The van der Waals surface area contributed by atoms with Crippen molar-refractivity contribution in [1.82, 2.24) is 5.32 Å². The molecule has 2 rings (SSSR count). The molecule has 24 heavy (non-hydrogen) atoms. The van der Waals surface area contributed by atoms with Crippen molar-refractivity contribution in [3.63, 3.8) is 0 Å². The summed E-state index contributed by atoms with van der Waals surface area (Å²) in [6.07, 6.45) is -0.931. The SMILES string of the molecule is CC(C)(NC(=O)CC(O)c1ccccc1)c1ccc([N+](=O)[O-])cc1. The van der Waals surface area contributed by atoms with Crippen molar-refractivity contribution in [2.24, 2.45) is 0 Å². The maximum absolute atomic E-state index is 12.2. The maximum atomic E-state index is 12.2. The zero-order valence-corrected chi connectivity index (χ0v) is 13.6. The lowest BCUT2D eigenvalue weighted by atomic mass is 9.93. The summed E-state index contributed by atoms with van der Waals surface area (Å²) < 4.78 is 0. The van der Waals surface area contributed by atoms with Crippen LogP contribution in [0.1, 0.15) is 37.5 Å². The molecule has 2 aromatic rings. The molecule has 1 unspecified atom stereocenters. The lowest BCUT2D eigenvalue weighted by molar-refractivity contribution is -0.384. The molecule has 1 amide bonds. The Kier molecular flexibility index (Phi) is 5.31. The van der Waals surface area contributed by atoms with E-state index in [-0.39, 0.29) is 18.0 Å². The number of nitro groups is 1. The largest absolute Gasteiger partial charge is 0.388 e. The van der Waals surface area contributed by atoms with Crippen molar-refractivity contribution in [3.8, 4) is 0 Å². The van der Waals surface area contributed by atoms with E-state index in [1.54, 1.807) is 50.2 Å². The first-order chi connectivity index (χ1) is 11.3. The molecule has 2 aromatic carbocycles. The summed E-state index contributed by atoms with van der Waals surface area (Å²) >= 11 is 0. The number of aliphatic hydroxyl groups excluding tert-OH is 1. The Hall–Kier alpha value is -2.73. The van der Waals surface area contributed by atoms with Gasteiger partial charge >= 0.3 is 0 Å². The Balaban J connectivity index is 2.02. The van der Waals surface area contributed by atoms with Crippen LogP contribution < -0.4 is 5.32 Å². The smallest absolute Gasteiger partial charge is 0.269 e. The van der Waals surface area contributed by atoms with Gasteiger partial charge in [0, 0.05) is 12.1 Å². The average molecular weight is 328 g/mol. The molecule has 2 N–H and O–H groups in total. The number of aliphatic hydroxyl groups is 1. The third-order valence-electron chi connectivity index (χ3n) is 3.81. The second kappa shape index (κ2) is 7.23. The van der Waals surface area contributed by atoms with Crippen LogP contribution >= 0.6 is 0 Å². The highest BCUT2D eigenvalue weighted by Crippen LogP contribution is 2.24. The zero-order valence-electron chi connectivity index (χ0n) is 13.6. The number of carbonyl (C=O) groups excluding carboxylic acids is 1. The summed E-state index contributed by atoms with van der Waals surface area (Å²) in [4.78, 5) is 22.4. The van der Waals surface area contributed by atoms with Gasteiger partial charge in [-0.3, -0.25) is 14.9 Å². The van der Waals surface area contributed by atoms with E-state index in [1.165, 1.54) is 12.1 Å². The molecule has 0 spiro atoms. The van der Waals surface area contributed by atoms with Crippen LogP contribution in [0.2, 0.25) is 0 Å². The van der Waals surface area contributed by atoms with Crippen LogP contribution in [0.15, 0.2) is 54.6 Å². The molecule has 0 saturated heterocycles. The van der Waals surface area contributed by atoms with Gasteiger partial charge in [-0.2, -0.15) is 0 Å². The number of rotatable bonds is 6. The summed E-state index contributed by atoms with van der Waals surface area (Å²) in [6.45, 7) is 3.61. The molecule has 0 radical (unpaired) electrons. The standard InChI is InChI=1S/C18H20N2O4/c1-18(2,14-8-10-15(11-9-14)20(23)24)19-17(22)12-16(21)13-6-4-3-5-7-13/h3-11,16,21H,12H2,1-2H3,(H,19,22). The highest BCUT2D eigenvalue weighted by Gasteiger charge is 2.25.